The van der Waals surface area contributed by atoms with Crippen molar-refractivity contribution in [2.24, 2.45) is 5.41 Å². The van der Waals surface area contributed by atoms with Crippen molar-refractivity contribution in [3.8, 4) is 11.3 Å². The standard InChI is InChI=1S/C21H25N3O4/c25-18-12-17(16-6-2-1-3-7-16)22-15-24(18)14-21(28)10-11-23(19(26)27)13-20(21)8-4-5-9-20/h1-3,6-7,12,15,28H,4-5,8-11,13-14H2,(H,26,27)/t21-/m1/s1. The molecule has 2 N–H and O–H groups in total. The van der Waals surface area contributed by atoms with Gasteiger partial charge in [-0.25, -0.2) is 9.78 Å². The Bertz CT molecular complexity index is 921. The molecule has 1 aromatic heterocycles. The minimum Gasteiger partial charge on any atom is -0.465 e. The number of likely N-dealkylation sites (tertiary alicyclic amines) is 1. The summed E-state index contributed by atoms with van der Waals surface area (Å²) in [4.78, 5) is 30.0. The molecule has 7 nitrogen and oxygen atoms in total. The number of aromatic nitrogens is 2. The van der Waals surface area contributed by atoms with E-state index in [1.165, 1.54) is 21.9 Å². The van der Waals surface area contributed by atoms with Crippen LogP contribution in [0.3, 0.4) is 0 Å². The minimum absolute atomic E-state index is 0.140. The summed E-state index contributed by atoms with van der Waals surface area (Å²) in [6.07, 6.45) is 4.36. The molecule has 1 spiro atoms. The van der Waals surface area contributed by atoms with Crippen LogP contribution >= 0.6 is 0 Å². The Hall–Kier alpha value is -2.67. The summed E-state index contributed by atoms with van der Waals surface area (Å²) >= 11 is 0. The maximum absolute atomic E-state index is 12.7. The molecule has 0 radical (unpaired) electrons. The quantitative estimate of drug-likeness (QED) is 0.849. The number of hydrogen-bond donors (Lipinski definition) is 2. The first-order valence-electron chi connectivity index (χ1n) is 9.75. The van der Waals surface area contributed by atoms with Crippen LogP contribution in [0.4, 0.5) is 4.79 Å². The number of amides is 1. The SMILES string of the molecule is O=C(O)N1CC[C@@](O)(Cn2cnc(-c3ccccc3)cc2=O)C2(CCCC2)C1. The topological polar surface area (TPSA) is 95.7 Å². The molecule has 148 valence electrons. The highest BCUT2D eigenvalue weighted by molar-refractivity contribution is 5.65. The van der Waals surface area contributed by atoms with Crippen molar-refractivity contribution in [1.29, 1.82) is 0 Å². The Morgan fingerprint density at radius 1 is 1.14 bits per heavy atom. The number of hydrogen-bond acceptors (Lipinski definition) is 4. The molecule has 2 heterocycles. The molecular weight excluding hydrogens is 358 g/mol. The number of piperidine rings is 1. The summed E-state index contributed by atoms with van der Waals surface area (Å²) in [5.41, 5.74) is -0.357. The second kappa shape index (κ2) is 7.05. The van der Waals surface area contributed by atoms with Gasteiger partial charge >= 0.3 is 6.09 Å². The first-order valence-corrected chi connectivity index (χ1v) is 9.75. The van der Waals surface area contributed by atoms with Gasteiger partial charge in [0, 0.05) is 30.1 Å². The monoisotopic (exact) mass is 383 g/mol. The van der Waals surface area contributed by atoms with E-state index in [9.17, 15) is 19.8 Å². The van der Waals surface area contributed by atoms with Gasteiger partial charge in [-0.3, -0.25) is 9.36 Å². The van der Waals surface area contributed by atoms with Gasteiger partial charge in [0.15, 0.2) is 0 Å². The van der Waals surface area contributed by atoms with E-state index < -0.39 is 17.1 Å². The number of nitrogens with zero attached hydrogens (tertiary/aromatic N) is 3. The molecule has 7 heteroatoms. The molecule has 1 aromatic carbocycles. The first kappa shape index (κ1) is 18.7. The predicted octanol–water partition coefficient (Wildman–Crippen LogP) is 2.59. The van der Waals surface area contributed by atoms with Crippen molar-refractivity contribution in [2.75, 3.05) is 13.1 Å². The molecule has 2 aliphatic rings. The number of carboxylic acid groups (broad SMARTS) is 1. The summed E-state index contributed by atoms with van der Waals surface area (Å²) in [5, 5.41) is 21.0. The zero-order valence-corrected chi connectivity index (χ0v) is 15.8. The van der Waals surface area contributed by atoms with Crippen LogP contribution in [0, 0.1) is 5.41 Å². The van der Waals surface area contributed by atoms with Crippen molar-refractivity contribution < 1.29 is 15.0 Å². The zero-order chi connectivity index (χ0) is 19.8. The highest BCUT2D eigenvalue weighted by atomic mass is 16.4. The van der Waals surface area contributed by atoms with Gasteiger partial charge in [-0.15, -0.1) is 0 Å². The molecule has 2 aromatic rings. The molecule has 28 heavy (non-hydrogen) atoms. The Balaban J connectivity index is 1.62. The Morgan fingerprint density at radius 2 is 1.86 bits per heavy atom. The van der Waals surface area contributed by atoms with E-state index >= 15 is 0 Å². The predicted molar refractivity (Wildman–Crippen MR) is 104 cm³/mol. The number of rotatable bonds is 3. The molecule has 1 aliphatic carbocycles. The third kappa shape index (κ3) is 3.20. The zero-order valence-electron chi connectivity index (χ0n) is 15.8. The van der Waals surface area contributed by atoms with Gasteiger partial charge in [0.05, 0.1) is 24.2 Å². The van der Waals surface area contributed by atoms with E-state index in [1.807, 2.05) is 30.3 Å². The van der Waals surface area contributed by atoms with E-state index in [-0.39, 0.29) is 18.6 Å². The van der Waals surface area contributed by atoms with Crippen LogP contribution in [0.2, 0.25) is 0 Å². The van der Waals surface area contributed by atoms with E-state index in [4.69, 9.17) is 0 Å². The van der Waals surface area contributed by atoms with Crippen molar-refractivity contribution in [1.82, 2.24) is 14.5 Å². The van der Waals surface area contributed by atoms with Crippen LogP contribution in [0.15, 0.2) is 47.5 Å². The molecule has 0 bridgehead atoms. The number of aliphatic hydroxyl groups is 1. The van der Waals surface area contributed by atoms with E-state index in [2.05, 4.69) is 4.98 Å². The van der Waals surface area contributed by atoms with Gasteiger partial charge in [0.25, 0.3) is 5.56 Å². The molecular formula is C21H25N3O4. The van der Waals surface area contributed by atoms with Gasteiger partial charge in [0.2, 0.25) is 0 Å². The fourth-order valence-corrected chi connectivity index (χ4v) is 4.86. The molecule has 1 saturated heterocycles. The Labute approximate surface area is 163 Å². The van der Waals surface area contributed by atoms with Gasteiger partial charge in [-0.1, -0.05) is 43.2 Å². The summed E-state index contributed by atoms with van der Waals surface area (Å²) < 4.78 is 1.46. The minimum atomic E-state index is -1.12. The molecule has 1 atom stereocenters. The fraction of sp³-hybridized carbons (Fsp3) is 0.476. The van der Waals surface area contributed by atoms with Crippen LogP contribution in [0.5, 0.6) is 0 Å². The van der Waals surface area contributed by atoms with E-state index in [0.29, 0.717) is 18.7 Å². The van der Waals surface area contributed by atoms with Gasteiger partial charge in [-0.05, 0) is 19.3 Å². The second-order valence-electron chi connectivity index (χ2n) is 8.08. The van der Waals surface area contributed by atoms with Crippen LogP contribution in [0.1, 0.15) is 32.1 Å². The highest BCUT2D eigenvalue weighted by Crippen LogP contribution is 2.51. The second-order valence-corrected chi connectivity index (χ2v) is 8.08. The molecule has 1 aliphatic heterocycles. The average Bonchev–Trinajstić information content (AvgIpc) is 3.16. The van der Waals surface area contributed by atoms with Crippen LogP contribution in [0.25, 0.3) is 11.3 Å². The third-order valence-corrected chi connectivity index (χ3v) is 6.49. The highest BCUT2D eigenvalue weighted by Gasteiger charge is 2.55. The fourth-order valence-electron chi connectivity index (χ4n) is 4.86. The van der Waals surface area contributed by atoms with Gasteiger partial charge in [-0.2, -0.15) is 0 Å². The maximum atomic E-state index is 12.7. The van der Waals surface area contributed by atoms with E-state index in [1.54, 1.807) is 0 Å². The summed E-state index contributed by atoms with van der Waals surface area (Å²) in [6, 6.07) is 11.0. The lowest BCUT2D eigenvalue weighted by molar-refractivity contribution is -0.137. The molecule has 1 saturated carbocycles. The van der Waals surface area contributed by atoms with Crippen molar-refractivity contribution in [3.05, 3.63) is 53.1 Å². The lowest BCUT2D eigenvalue weighted by Crippen LogP contribution is -2.62. The van der Waals surface area contributed by atoms with Crippen molar-refractivity contribution >= 4 is 6.09 Å². The molecule has 4 rings (SSSR count). The Kier molecular flexibility index (Phi) is 4.71. The van der Waals surface area contributed by atoms with Gasteiger partial charge in [0.1, 0.15) is 0 Å². The smallest absolute Gasteiger partial charge is 0.407 e. The van der Waals surface area contributed by atoms with Crippen LogP contribution in [-0.4, -0.2) is 49.4 Å². The third-order valence-electron chi connectivity index (χ3n) is 6.49. The number of benzene rings is 1. The van der Waals surface area contributed by atoms with Crippen LogP contribution < -0.4 is 5.56 Å². The lowest BCUT2D eigenvalue weighted by atomic mass is 9.66. The van der Waals surface area contributed by atoms with E-state index in [0.717, 1.165) is 31.2 Å². The number of carbonyl (C=O) groups is 1. The summed E-state index contributed by atoms with van der Waals surface area (Å²) in [7, 11) is 0. The molecule has 0 unspecified atom stereocenters. The van der Waals surface area contributed by atoms with Crippen molar-refractivity contribution in [2.45, 2.75) is 44.2 Å². The largest absolute Gasteiger partial charge is 0.465 e. The average molecular weight is 383 g/mol. The van der Waals surface area contributed by atoms with Gasteiger partial charge < -0.3 is 15.1 Å². The summed E-state index contributed by atoms with van der Waals surface area (Å²) in [5.74, 6) is 0. The normalized spacial score (nSPS) is 23.8. The Morgan fingerprint density at radius 3 is 2.50 bits per heavy atom. The first-order chi connectivity index (χ1) is 13.4. The lowest BCUT2D eigenvalue weighted by Gasteiger charge is -2.51. The van der Waals surface area contributed by atoms with Crippen molar-refractivity contribution in [3.63, 3.8) is 0 Å². The molecule has 2 fully saturated rings. The van der Waals surface area contributed by atoms with Crippen LogP contribution in [-0.2, 0) is 6.54 Å². The maximum Gasteiger partial charge on any atom is 0.407 e. The molecule has 1 amide bonds. The summed E-state index contributed by atoms with van der Waals surface area (Å²) in [6.45, 7) is 0.738.